The van der Waals surface area contributed by atoms with Crippen molar-refractivity contribution in [3.63, 3.8) is 0 Å². The molecule has 1 atom stereocenters. The SMILES string of the molecule is O=C(O)C1(COCC(F)(F)F)CCNC1. The molecule has 1 fully saturated rings. The molecule has 0 aliphatic carbocycles. The van der Waals surface area contributed by atoms with E-state index in [0.29, 0.717) is 13.0 Å². The van der Waals surface area contributed by atoms with E-state index in [1.807, 2.05) is 0 Å². The molecule has 0 aromatic heterocycles. The molecule has 15 heavy (non-hydrogen) atoms. The number of carboxylic acid groups (broad SMARTS) is 1. The third-order valence-electron chi connectivity index (χ3n) is 2.34. The van der Waals surface area contributed by atoms with Gasteiger partial charge in [-0.2, -0.15) is 13.2 Å². The number of ether oxygens (including phenoxy) is 1. The second-order valence-electron chi connectivity index (χ2n) is 3.62. The van der Waals surface area contributed by atoms with E-state index in [1.165, 1.54) is 0 Å². The van der Waals surface area contributed by atoms with E-state index in [9.17, 15) is 18.0 Å². The van der Waals surface area contributed by atoms with Crippen molar-refractivity contribution in [2.75, 3.05) is 26.3 Å². The Balaban J connectivity index is 2.43. The summed E-state index contributed by atoms with van der Waals surface area (Å²) in [5, 5.41) is 11.7. The topological polar surface area (TPSA) is 58.6 Å². The van der Waals surface area contributed by atoms with Crippen molar-refractivity contribution < 1.29 is 27.8 Å². The third-order valence-corrected chi connectivity index (χ3v) is 2.34. The van der Waals surface area contributed by atoms with Crippen molar-refractivity contribution in [3.8, 4) is 0 Å². The van der Waals surface area contributed by atoms with Crippen molar-refractivity contribution in [1.82, 2.24) is 5.32 Å². The summed E-state index contributed by atoms with van der Waals surface area (Å²) >= 11 is 0. The largest absolute Gasteiger partial charge is 0.481 e. The van der Waals surface area contributed by atoms with Gasteiger partial charge in [0.25, 0.3) is 0 Å². The zero-order valence-corrected chi connectivity index (χ0v) is 7.93. The van der Waals surface area contributed by atoms with Gasteiger partial charge >= 0.3 is 12.1 Å². The maximum Gasteiger partial charge on any atom is 0.411 e. The van der Waals surface area contributed by atoms with E-state index in [0.717, 1.165) is 0 Å². The quantitative estimate of drug-likeness (QED) is 0.739. The Labute approximate surface area is 84.4 Å². The number of alkyl halides is 3. The lowest BCUT2D eigenvalue weighted by atomic mass is 9.88. The first-order valence-corrected chi connectivity index (χ1v) is 4.44. The molecule has 0 bridgehead atoms. The lowest BCUT2D eigenvalue weighted by Gasteiger charge is -2.22. The first kappa shape index (κ1) is 12.3. The molecule has 0 saturated carbocycles. The fourth-order valence-electron chi connectivity index (χ4n) is 1.47. The van der Waals surface area contributed by atoms with E-state index in [1.54, 1.807) is 0 Å². The Morgan fingerprint density at radius 1 is 1.53 bits per heavy atom. The number of halogens is 3. The van der Waals surface area contributed by atoms with Crippen molar-refractivity contribution in [1.29, 1.82) is 0 Å². The summed E-state index contributed by atoms with van der Waals surface area (Å²) in [5.74, 6) is -1.12. The van der Waals surface area contributed by atoms with E-state index < -0.39 is 30.8 Å². The third kappa shape index (κ3) is 3.35. The number of carboxylic acids is 1. The van der Waals surface area contributed by atoms with Gasteiger partial charge in [0.1, 0.15) is 12.0 Å². The number of carbonyl (C=O) groups is 1. The van der Waals surface area contributed by atoms with Crippen LogP contribution in [-0.4, -0.2) is 43.6 Å². The van der Waals surface area contributed by atoms with Crippen LogP contribution in [0, 0.1) is 5.41 Å². The molecule has 2 N–H and O–H groups in total. The van der Waals surface area contributed by atoms with Crippen LogP contribution in [0.3, 0.4) is 0 Å². The average Bonchev–Trinajstić information content (AvgIpc) is 2.51. The van der Waals surface area contributed by atoms with Crippen LogP contribution < -0.4 is 5.32 Å². The average molecular weight is 227 g/mol. The van der Waals surface area contributed by atoms with Crippen LogP contribution in [0.15, 0.2) is 0 Å². The monoisotopic (exact) mass is 227 g/mol. The molecule has 7 heteroatoms. The molecule has 1 unspecified atom stereocenters. The van der Waals surface area contributed by atoms with Crippen LogP contribution in [0.2, 0.25) is 0 Å². The van der Waals surface area contributed by atoms with Gasteiger partial charge in [-0.25, -0.2) is 0 Å². The molecule has 1 rings (SSSR count). The van der Waals surface area contributed by atoms with Gasteiger partial charge in [0.15, 0.2) is 0 Å². The molecule has 1 saturated heterocycles. The van der Waals surface area contributed by atoms with Crippen LogP contribution in [-0.2, 0) is 9.53 Å². The molecule has 1 aliphatic heterocycles. The maximum absolute atomic E-state index is 11.8. The molecular formula is C8H12F3NO3. The second-order valence-corrected chi connectivity index (χ2v) is 3.62. The summed E-state index contributed by atoms with van der Waals surface area (Å²) in [5.41, 5.74) is -1.20. The number of rotatable bonds is 4. The first-order chi connectivity index (χ1) is 6.86. The highest BCUT2D eigenvalue weighted by Crippen LogP contribution is 2.27. The van der Waals surface area contributed by atoms with Gasteiger partial charge in [-0.1, -0.05) is 0 Å². The van der Waals surface area contributed by atoms with Gasteiger partial charge in [-0.3, -0.25) is 4.79 Å². The normalized spacial score (nSPS) is 26.9. The van der Waals surface area contributed by atoms with Crippen molar-refractivity contribution >= 4 is 5.97 Å². The molecular weight excluding hydrogens is 215 g/mol. The lowest BCUT2D eigenvalue weighted by molar-refractivity contribution is -0.185. The first-order valence-electron chi connectivity index (χ1n) is 4.44. The van der Waals surface area contributed by atoms with Crippen LogP contribution in [0.25, 0.3) is 0 Å². The Hall–Kier alpha value is -0.820. The van der Waals surface area contributed by atoms with Gasteiger partial charge in [0.2, 0.25) is 0 Å². The minimum Gasteiger partial charge on any atom is -0.481 e. The highest BCUT2D eigenvalue weighted by atomic mass is 19.4. The Morgan fingerprint density at radius 3 is 2.60 bits per heavy atom. The zero-order valence-electron chi connectivity index (χ0n) is 7.93. The van der Waals surface area contributed by atoms with E-state index in [-0.39, 0.29) is 6.54 Å². The second kappa shape index (κ2) is 4.36. The smallest absolute Gasteiger partial charge is 0.411 e. The lowest BCUT2D eigenvalue weighted by Crippen LogP contribution is -2.39. The van der Waals surface area contributed by atoms with Crippen LogP contribution in [0.4, 0.5) is 13.2 Å². The van der Waals surface area contributed by atoms with Gasteiger partial charge < -0.3 is 15.2 Å². The highest BCUT2D eigenvalue weighted by molar-refractivity contribution is 5.75. The molecule has 0 amide bonds. The van der Waals surface area contributed by atoms with Crippen LogP contribution >= 0.6 is 0 Å². The fourth-order valence-corrected chi connectivity index (χ4v) is 1.47. The molecule has 1 heterocycles. The van der Waals surface area contributed by atoms with E-state index in [4.69, 9.17) is 5.11 Å². The van der Waals surface area contributed by atoms with Gasteiger partial charge in [0, 0.05) is 6.54 Å². The van der Waals surface area contributed by atoms with Gasteiger partial charge in [-0.15, -0.1) is 0 Å². The van der Waals surface area contributed by atoms with Crippen LogP contribution in [0.5, 0.6) is 0 Å². The molecule has 0 aromatic carbocycles. The zero-order chi connectivity index (χ0) is 11.5. The maximum atomic E-state index is 11.8. The predicted molar refractivity (Wildman–Crippen MR) is 44.4 cm³/mol. The molecule has 88 valence electrons. The summed E-state index contributed by atoms with van der Waals surface area (Å²) < 4.78 is 39.7. The van der Waals surface area contributed by atoms with Crippen molar-refractivity contribution in [2.24, 2.45) is 5.41 Å². The van der Waals surface area contributed by atoms with Crippen LogP contribution in [0.1, 0.15) is 6.42 Å². The molecule has 0 radical (unpaired) electrons. The standard InChI is InChI=1S/C8H12F3NO3/c9-8(10,11)5-15-4-7(6(13)14)1-2-12-3-7/h12H,1-5H2,(H,13,14). The summed E-state index contributed by atoms with van der Waals surface area (Å²) in [6.07, 6.45) is -4.12. The summed E-state index contributed by atoms with van der Waals surface area (Å²) in [6, 6.07) is 0. The van der Waals surface area contributed by atoms with Crippen molar-refractivity contribution in [3.05, 3.63) is 0 Å². The van der Waals surface area contributed by atoms with Gasteiger partial charge in [-0.05, 0) is 13.0 Å². The molecule has 4 nitrogen and oxygen atoms in total. The highest BCUT2D eigenvalue weighted by Gasteiger charge is 2.42. The van der Waals surface area contributed by atoms with E-state index >= 15 is 0 Å². The number of nitrogens with one attached hydrogen (secondary N) is 1. The van der Waals surface area contributed by atoms with Gasteiger partial charge in [0.05, 0.1) is 6.61 Å². The fraction of sp³-hybridized carbons (Fsp3) is 0.875. The Morgan fingerprint density at radius 2 is 2.20 bits per heavy atom. The number of aliphatic carboxylic acids is 1. The summed E-state index contributed by atoms with van der Waals surface area (Å²) in [4.78, 5) is 10.9. The minimum absolute atomic E-state index is 0.153. The van der Waals surface area contributed by atoms with Crippen molar-refractivity contribution in [2.45, 2.75) is 12.6 Å². The Kier molecular flexibility index (Phi) is 3.56. The summed E-state index contributed by atoms with van der Waals surface area (Å²) in [6.45, 7) is -1.17. The number of hydrogen-bond donors (Lipinski definition) is 2. The summed E-state index contributed by atoms with van der Waals surface area (Å²) in [7, 11) is 0. The minimum atomic E-state index is -4.41. The predicted octanol–water partition coefficient (Wildman–Crippen LogP) is 0.630. The molecule has 0 spiro atoms. The molecule has 0 aromatic rings. The number of hydrogen-bond acceptors (Lipinski definition) is 3. The van der Waals surface area contributed by atoms with E-state index in [2.05, 4.69) is 10.1 Å². The Bertz CT molecular complexity index is 236. The molecule has 1 aliphatic rings.